The smallest absolute Gasteiger partial charge is 0.412 e. The minimum atomic E-state index is -0.477. The van der Waals surface area contributed by atoms with Crippen molar-refractivity contribution in [3.8, 4) is 11.5 Å². The Kier molecular flexibility index (Phi) is 11.0. The molecule has 0 radical (unpaired) electrons. The van der Waals surface area contributed by atoms with Gasteiger partial charge in [0.05, 0.1) is 13.2 Å². The first-order valence-electron chi connectivity index (χ1n) is 15.1. The van der Waals surface area contributed by atoms with Crippen LogP contribution in [0.2, 0.25) is 0 Å². The van der Waals surface area contributed by atoms with Crippen LogP contribution in [0.5, 0.6) is 11.5 Å². The monoisotopic (exact) mass is 576 g/mol. The maximum atomic E-state index is 12.4. The second kappa shape index (κ2) is 15.7. The lowest BCUT2D eigenvalue weighted by Crippen LogP contribution is -2.38. The highest BCUT2D eigenvalue weighted by atomic mass is 16.6. The number of carbonyl (C=O) groups excluding carboxylic acids is 1. The van der Waals surface area contributed by atoms with Crippen LogP contribution in [0.15, 0.2) is 115 Å². The molecule has 1 N–H and O–H groups in total. The molecule has 0 spiro atoms. The summed E-state index contributed by atoms with van der Waals surface area (Å²) in [6.07, 6.45) is 1.28. The molecule has 1 amide bonds. The fourth-order valence-electron chi connectivity index (χ4n) is 5.25. The Balaban J connectivity index is 1.31. The standard InChI is InChI=1S/C37H40N2O4/c1-2-31(27-29-9-5-3-6-10-29)36(32-13-17-34(18-14-32)42-26-23-39-21-24-41-25-22-39)33-15-19-35(20-16-33)43-37(40)38-28-30-11-7-4-8-12-30/h3-20H,2,21-28H2,1H3,(H,38,40)/b36-31-. The fourth-order valence-corrected chi connectivity index (χ4v) is 5.25. The number of carbonyl (C=O) groups is 1. The molecule has 1 saturated heterocycles. The largest absolute Gasteiger partial charge is 0.492 e. The van der Waals surface area contributed by atoms with Gasteiger partial charge in [-0.3, -0.25) is 4.90 Å². The van der Waals surface area contributed by atoms with E-state index in [-0.39, 0.29) is 0 Å². The Morgan fingerprint density at radius 1 is 0.767 bits per heavy atom. The summed E-state index contributed by atoms with van der Waals surface area (Å²) in [6.45, 7) is 7.66. The van der Waals surface area contributed by atoms with Crippen molar-refractivity contribution >= 4 is 11.7 Å². The van der Waals surface area contributed by atoms with Gasteiger partial charge in [0.1, 0.15) is 18.1 Å². The van der Waals surface area contributed by atoms with Gasteiger partial charge in [0.2, 0.25) is 0 Å². The second-order valence-corrected chi connectivity index (χ2v) is 10.6. The van der Waals surface area contributed by atoms with Gasteiger partial charge in [0.15, 0.2) is 0 Å². The fraction of sp³-hybridized carbons (Fsp3) is 0.270. The van der Waals surface area contributed by atoms with Crippen LogP contribution in [0.4, 0.5) is 4.79 Å². The van der Waals surface area contributed by atoms with Gasteiger partial charge in [0, 0.05) is 26.2 Å². The molecule has 1 heterocycles. The third-order valence-corrected chi connectivity index (χ3v) is 7.60. The number of nitrogens with zero attached hydrogens (tertiary/aromatic N) is 1. The van der Waals surface area contributed by atoms with Crippen molar-refractivity contribution in [2.75, 3.05) is 39.5 Å². The lowest BCUT2D eigenvalue weighted by atomic mass is 9.88. The number of ether oxygens (including phenoxy) is 3. The van der Waals surface area contributed by atoms with E-state index in [2.05, 4.69) is 65.7 Å². The minimum Gasteiger partial charge on any atom is -0.492 e. The summed E-state index contributed by atoms with van der Waals surface area (Å²) in [7, 11) is 0. The Morgan fingerprint density at radius 3 is 1.95 bits per heavy atom. The molecule has 1 aliphatic heterocycles. The van der Waals surface area contributed by atoms with Gasteiger partial charge in [0.25, 0.3) is 0 Å². The van der Waals surface area contributed by atoms with Crippen LogP contribution in [0.1, 0.15) is 35.6 Å². The summed E-state index contributed by atoms with van der Waals surface area (Å²) < 4.78 is 17.1. The van der Waals surface area contributed by atoms with E-state index in [1.54, 1.807) is 0 Å². The first-order valence-corrected chi connectivity index (χ1v) is 15.1. The van der Waals surface area contributed by atoms with Crippen molar-refractivity contribution < 1.29 is 19.0 Å². The van der Waals surface area contributed by atoms with E-state index >= 15 is 0 Å². The van der Waals surface area contributed by atoms with Crippen LogP contribution in [-0.4, -0.2) is 50.4 Å². The molecule has 6 heteroatoms. The van der Waals surface area contributed by atoms with Crippen molar-refractivity contribution in [2.24, 2.45) is 0 Å². The van der Waals surface area contributed by atoms with E-state index in [9.17, 15) is 4.79 Å². The van der Waals surface area contributed by atoms with Gasteiger partial charge in [-0.1, -0.05) is 97.4 Å². The molecule has 43 heavy (non-hydrogen) atoms. The molecule has 5 rings (SSSR count). The molecule has 0 unspecified atom stereocenters. The molecule has 6 nitrogen and oxygen atoms in total. The molecular weight excluding hydrogens is 536 g/mol. The molecule has 0 atom stereocenters. The predicted octanol–water partition coefficient (Wildman–Crippen LogP) is 7.14. The molecule has 1 fully saturated rings. The topological polar surface area (TPSA) is 60.0 Å². The molecule has 4 aromatic carbocycles. The van der Waals surface area contributed by atoms with Crippen molar-refractivity contribution in [1.82, 2.24) is 10.2 Å². The Morgan fingerprint density at radius 2 is 1.35 bits per heavy atom. The van der Waals surface area contributed by atoms with Crippen LogP contribution in [0, 0.1) is 0 Å². The van der Waals surface area contributed by atoms with E-state index < -0.39 is 6.09 Å². The quantitative estimate of drug-likeness (QED) is 0.194. The van der Waals surface area contributed by atoms with Gasteiger partial charge < -0.3 is 19.5 Å². The number of hydrogen-bond donors (Lipinski definition) is 1. The van der Waals surface area contributed by atoms with Crippen molar-refractivity contribution in [1.29, 1.82) is 0 Å². The minimum absolute atomic E-state index is 0.414. The highest BCUT2D eigenvalue weighted by Crippen LogP contribution is 2.32. The summed E-state index contributed by atoms with van der Waals surface area (Å²) in [6, 6.07) is 36.5. The van der Waals surface area contributed by atoms with E-state index in [4.69, 9.17) is 14.2 Å². The zero-order chi connectivity index (χ0) is 29.7. The zero-order valence-corrected chi connectivity index (χ0v) is 24.8. The average molecular weight is 577 g/mol. The molecular formula is C37H40N2O4. The first-order chi connectivity index (χ1) is 21.2. The van der Waals surface area contributed by atoms with Crippen LogP contribution in [0.25, 0.3) is 5.57 Å². The van der Waals surface area contributed by atoms with Gasteiger partial charge in [-0.2, -0.15) is 0 Å². The van der Waals surface area contributed by atoms with Crippen LogP contribution < -0.4 is 14.8 Å². The Labute approximate surface area is 254 Å². The highest BCUT2D eigenvalue weighted by Gasteiger charge is 2.14. The summed E-state index contributed by atoms with van der Waals surface area (Å²) in [5.41, 5.74) is 7.01. The highest BCUT2D eigenvalue weighted by molar-refractivity contribution is 5.83. The van der Waals surface area contributed by atoms with Crippen molar-refractivity contribution in [3.05, 3.63) is 137 Å². The lowest BCUT2D eigenvalue weighted by Gasteiger charge is -2.26. The molecule has 0 aliphatic carbocycles. The number of benzene rings is 4. The van der Waals surface area contributed by atoms with Crippen LogP contribution in [0.3, 0.4) is 0 Å². The van der Waals surface area contributed by atoms with Gasteiger partial charge in [-0.15, -0.1) is 0 Å². The van der Waals surface area contributed by atoms with E-state index in [0.29, 0.717) is 18.9 Å². The Hall–Kier alpha value is -4.39. The van der Waals surface area contributed by atoms with Crippen molar-refractivity contribution in [2.45, 2.75) is 26.3 Å². The molecule has 1 aliphatic rings. The molecule has 222 valence electrons. The molecule has 0 saturated carbocycles. The number of amides is 1. The summed E-state index contributed by atoms with van der Waals surface area (Å²) in [4.78, 5) is 14.8. The first kappa shape index (κ1) is 30.1. The summed E-state index contributed by atoms with van der Waals surface area (Å²) in [5.74, 6) is 1.36. The Bertz CT molecular complexity index is 1450. The van der Waals surface area contributed by atoms with Gasteiger partial charge in [-0.25, -0.2) is 4.79 Å². The third kappa shape index (κ3) is 9.05. The second-order valence-electron chi connectivity index (χ2n) is 10.6. The number of nitrogens with one attached hydrogen (secondary N) is 1. The van der Waals surface area contributed by atoms with E-state index in [1.165, 1.54) is 16.7 Å². The van der Waals surface area contributed by atoms with Gasteiger partial charge >= 0.3 is 6.09 Å². The predicted molar refractivity (Wildman–Crippen MR) is 171 cm³/mol. The molecule has 0 bridgehead atoms. The van der Waals surface area contributed by atoms with Crippen LogP contribution in [-0.2, 0) is 17.7 Å². The van der Waals surface area contributed by atoms with E-state index in [0.717, 1.165) is 68.1 Å². The lowest BCUT2D eigenvalue weighted by molar-refractivity contribution is 0.0322. The van der Waals surface area contributed by atoms with Crippen molar-refractivity contribution in [3.63, 3.8) is 0 Å². The zero-order valence-electron chi connectivity index (χ0n) is 24.8. The molecule has 0 aromatic heterocycles. The number of hydrogen-bond acceptors (Lipinski definition) is 5. The summed E-state index contributed by atoms with van der Waals surface area (Å²) in [5, 5.41) is 2.81. The third-order valence-electron chi connectivity index (χ3n) is 7.60. The maximum absolute atomic E-state index is 12.4. The summed E-state index contributed by atoms with van der Waals surface area (Å²) >= 11 is 0. The number of allylic oxidation sites excluding steroid dienone is 1. The maximum Gasteiger partial charge on any atom is 0.412 e. The normalized spacial score (nSPS) is 14.1. The number of morpholine rings is 1. The molecule has 4 aromatic rings. The van der Waals surface area contributed by atoms with E-state index in [1.807, 2.05) is 60.7 Å². The number of rotatable bonds is 12. The van der Waals surface area contributed by atoms with Crippen LogP contribution >= 0.6 is 0 Å². The van der Waals surface area contributed by atoms with Gasteiger partial charge in [-0.05, 0) is 64.9 Å². The SMILES string of the molecule is CC/C(Cc1ccccc1)=C(\c1ccc(OCCN2CCOCC2)cc1)c1ccc(OC(=O)NCc2ccccc2)cc1. The average Bonchev–Trinajstić information content (AvgIpc) is 3.06.